The van der Waals surface area contributed by atoms with Gasteiger partial charge >= 0.3 is 0 Å². The van der Waals surface area contributed by atoms with Crippen LogP contribution in [0.25, 0.3) is 0 Å². The van der Waals surface area contributed by atoms with Gasteiger partial charge in [0.05, 0.1) is 0 Å². The molecule has 2 N–H and O–H groups in total. The Kier molecular flexibility index (Phi) is 5.64. The summed E-state index contributed by atoms with van der Waals surface area (Å²) in [5.41, 5.74) is 3.46. The monoisotopic (exact) mass is 285 g/mol. The Morgan fingerprint density at radius 2 is 1.95 bits per heavy atom. The SMILES string of the molecule is CCc1cccc(NCC(O)COc2cccc(C)c2)c1. The maximum atomic E-state index is 9.98. The lowest BCUT2D eigenvalue weighted by Crippen LogP contribution is -2.26. The standard InChI is InChI=1S/C18H23NO2/c1-3-15-7-5-8-16(11-15)19-12-17(20)13-21-18-9-4-6-14(2)10-18/h4-11,17,19-20H,3,12-13H2,1-2H3. The predicted molar refractivity (Wildman–Crippen MR) is 87.0 cm³/mol. The third-order valence-electron chi connectivity index (χ3n) is 3.31. The first-order valence-electron chi connectivity index (χ1n) is 7.37. The van der Waals surface area contributed by atoms with Gasteiger partial charge < -0.3 is 15.2 Å². The minimum absolute atomic E-state index is 0.282. The fraction of sp³-hybridized carbons (Fsp3) is 0.333. The van der Waals surface area contributed by atoms with E-state index in [0.717, 1.165) is 23.4 Å². The van der Waals surface area contributed by atoms with Gasteiger partial charge in [0, 0.05) is 12.2 Å². The lowest BCUT2D eigenvalue weighted by molar-refractivity contribution is 0.117. The molecule has 0 amide bonds. The molecule has 1 atom stereocenters. The lowest BCUT2D eigenvalue weighted by Gasteiger charge is -2.14. The summed E-state index contributed by atoms with van der Waals surface area (Å²) in [6.07, 6.45) is 0.463. The van der Waals surface area contributed by atoms with Gasteiger partial charge in [-0.15, -0.1) is 0 Å². The number of rotatable bonds is 7. The molecule has 0 saturated heterocycles. The summed E-state index contributed by atoms with van der Waals surface area (Å²) in [4.78, 5) is 0. The number of aliphatic hydroxyl groups is 1. The molecule has 0 aliphatic carbocycles. The number of benzene rings is 2. The van der Waals surface area contributed by atoms with E-state index in [1.807, 2.05) is 43.3 Å². The minimum atomic E-state index is -0.546. The molecule has 0 bridgehead atoms. The first kappa shape index (κ1) is 15.4. The topological polar surface area (TPSA) is 41.5 Å². The highest BCUT2D eigenvalue weighted by atomic mass is 16.5. The molecule has 0 spiro atoms. The van der Waals surface area contributed by atoms with Crippen molar-refractivity contribution in [2.24, 2.45) is 0 Å². The van der Waals surface area contributed by atoms with Crippen LogP contribution in [0.15, 0.2) is 48.5 Å². The largest absolute Gasteiger partial charge is 0.491 e. The highest BCUT2D eigenvalue weighted by molar-refractivity contribution is 5.45. The third-order valence-corrected chi connectivity index (χ3v) is 3.31. The Bertz CT molecular complexity index is 569. The van der Waals surface area contributed by atoms with Gasteiger partial charge in [-0.25, -0.2) is 0 Å². The molecular formula is C18H23NO2. The molecule has 2 aromatic carbocycles. The van der Waals surface area contributed by atoms with Crippen molar-refractivity contribution >= 4 is 5.69 Å². The van der Waals surface area contributed by atoms with Crippen molar-refractivity contribution in [3.63, 3.8) is 0 Å². The highest BCUT2D eigenvalue weighted by Crippen LogP contribution is 2.13. The zero-order chi connectivity index (χ0) is 15.1. The normalized spacial score (nSPS) is 12.0. The molecule has 2 rings (SSSR count). The van der Waals surface area contributed by atoms with Gasteiger partial charge in [0.2, 0.25) is 0 Å². The summed E-state index contributed by atoms with van der Waals surface area (Å²) < 4.78 is 5.59. The maximum absolute atomic E-state index is 9.98. The summed E-state index contributed by atoms with van der Waals surface area (Å²) in [5, 5.41) is 13.2. The molecule has 21 heavy (non-hydrogen) atoms. The van der Waals surface area contributed by atoms with Gasteiger partial charge in [-0.05, 0) is 48.7 Å². The molecule has 112 valence electrons. The molecule has 0 radical (unpaired) electrons. The zero-order valence-corrected chi connectivity index (χ0v) is 12.7. The van der Waals surface area contributed by atoms with E-state index in [1.165, 1.54) is 5.56 Å². The second-order valence-corrected chi connectivity index (χ2v) is 5.22. The van der Waals surface area contributed by atoms with Crippen LogP contribution in [0.1, 0.15) is 18.1 Å². The smallest absolute Gasteiger partial charge is 0.119 e. The van der Waals surface area contributed by atoms with Crippen molar-refractivity contribution in [1.29, 1.82) is 0 Å². The summed E-state index contributed by atoms with van der Waals surface area (Å²) in [6, 6.07) is 16.1. The summed E-state index contributed by atoms with van der Waals surface area (Å²) in [7, 11) is 0. The van der Waals surface area contributed by atoms with Crippen LogP contribution in [0, 0.1) is 6.92 Å². The van der Waals surface area contributed by atoms with Gasteiger partial charge in [0.15, 0.2) is 0 Å². The number of ether oxygens (including phenoxy) is 1. The molecule has 3 nitrogen and oxygen atoms in total. The second kappa shape index (κ2) is 7.70. The Morgan fingerprint density at radius 1 is 1.14 bits per heavy atom. The van der Waals surface area contributed by atoms with Gasteiger partial charge in [0.25, 0.3) is 0 Å². The molecule has 0 aliphatic heterocycles. The van der Waals surface area contributed by atoms with Gasteiger partial charge in [-0.2, -0.15) is 0 Å². The van der Waals surface area contributed by atoms with Gasteiger partial charge in [-0.3, -0.25) is 0 Å². The average Bonchev–Trinajstić information content (AvgIpc) is 2.51. The molecule has 2 aromatic rings. The minimum Gasteiger partial charge on any atom is -0.491 e. The van der Waals surface area contributed by atoms with Crippen molar-refractivity contribution in [2.45, 2.75) is 26.4 Å². The first-order chi connectivity index (χ1) is 10.2. The van der Waals surface area contributed by atoms with E-state index in [4.69, 9.17) is 4.74 Å². The van der Waals surface area contributed by atoms with E-state index in [1.54, 1.807) is 0 Å². The molecule has 0 aliphatic rings. The van der Waals surface area contributed by atoms with E-state index in [9.17, 15) is 5.11 Å². The van der Waals surface area contributed by atoms with Crippen molar-refractivity contribution in [1.82, 2.24) is 0 Å². The van der Waals surface area contributed by atoms with Gasteiger partial charge in [-0.1, -0.05) is 31.2 Å². The Labute approximate surface area is 126 Å². The van der Waals surface area contributed by atoms with E-state index in [0.29, 0.717) is 6.54 Å². The van der Waals surface area contributed by atoms with Crippen LogP contribution in [0.3, 0.4) is 0 Å². The second-order valence-electron chi connectivity index (χ2n) is 5.22. The van der Waals surface area contributed by atoms with Crippen molar-refractivity contribution in [3.8, 4) is 5.75 Å². The van der Waals surface area contributed by atoms with Crippen LogP contribution in [-0.4, -0.2) is 24.4 Å². The van der Waals surface area contributed by atoms with E-state index in [2.05, 4.69) is 24.4 Å². The number of aryl methyl sites for hydroxylation is 2. The average molecular weight is 285 g/mol. The highest BCUT2D eigenvalue weighted by Gasteiger charge is 2.05. The molecular weight excluding hydrogens is 262 g/mol. The van der Waals surface area contributed by atoms with Crippen LogP contribution in [0.5, 0.6) is 5.75 Å². The number of hydrogen-bond acceptors (Lipinski definition) is 3. The molecule has 0 fully saturated rings. The first-order valence-corrected chi connectivity index (χ1v) is 7.37. The van der Waals surface area contributed by atoms with Crippen molar-refractivity contribution < 1.29 is 9.84 Å². The number of anilines is 1. The fourth-order valence-electron chi connectivity index (χ4n) is 2.09. The lowest BCUT2D eigenvalue weighted by atomic mass is 10.1. The van der Waals surface area contributed by atoms with E-state index >= 15 is 0 Å². The van der Waals surface area contributed by atoms with Crippen LogP contribution < -0.4 is 10.1 Å². The van der Waals surface area contributed by atoms with Gasteiger partial charge in [0.1, 0.15) is 18.5 Å². The van der Waals surface area contributed by atoms with Crippen molar-refractivity contribution in [2.75, 3.05) is 18.5 Å². The Morgan fingerprint density at radius 3 is 2.71 bits per heavy atom. The number of nitrogens with one attached hydrogen (secondary N) is 1. The summed E-state index contributed by atoms with van der Waals surface area (Å²) in [5.74, 6) is 0.794. The summed E-state index contributed by atoms with van der Waals surface area (Å²) in [6.45, 7) is 4.90. The zero-order valence-electron chi connectivity index (χ0n) is 12.7. The molecule has 0 saturated carbocycles. The van der Waals surface area contributed by atoms with Crippen LogP contribution in [-0.2, 0) is 6.42 Å². The number of hydrogen-bond donors (Lipinski definition) is 2. The quantitative estimate of drug-likeness (QED) is 0.819. The van der Waals surface area contributed by atoms with E-state index < -0.39 is 6.10 Å². The molecule has 3 heteroatoms. The maximum Gasteiger partial charge on any atom is 0.119 e. The van der Waals surface area contributed by atoms with E-state index in [-0.39, 0.29) is 6.61 Å². The Hall–Kier alpha value is -2.00. The Balaban J connectivity index is 1.78. The summed E-state index contributed by atoms with van der Waals surface area (Å²) >= 11 is 0. The third kappa shape index (κ3) is 5.12. The van der Waals surface area contributed by atoms with Crippen molar-refractivity contribution in [3.05, 3.63) is 59.7 Å². The number of aliphatic hydroxyl groups excluding tert-OH is 1. The molecule has 0 aromatic heterocycles. The van der Waals surface area contributed by atoms with Crippen LogP contribution in [0.2, 0.25) is 0 Å². The van der Waals surface area contributed by atoms with Crippen LogP contribution in [0.4, 0.5) is 5.69 Å². The molecule has 1 unspecified atom stereocenters. The molecule has 0 heterocycles. The van der Waals surface area contributed by atoms with Crippen LogP contribution >= 0.6 is 0 Å². The predicted octanol–water partition coefficient (Wildman–Crippen LogP) is 3.41. The fourth-order valence-corrected chi connectivity index (χ4v) is 2.09.